The lowest BCUT2D eigenvalue weighted by Gasteiger charge is -2.00. The van der Waals surface area contributed by atoms with E-state index in [0.717, 1.165) is 20.5 Å². The number of benzene rings is 1. The minimum absolute atomic E-state index is 0.107. The molecule has 16 heavy (non-hydrogen) atoms. The third-order valence-electron chi connectivity index (χ3n) is 2.09. The zero-order valence-corrected chi connectivity index (χ0v) is 11.5. The van der Waals surface area contributed by atoms with Gasteiger partial charge in [-0.05, 0) is 39.2 Å². The zero-order valence-electron chi connectivity index (χ0n) is 8.22. The van der Waals surface area contributed by atoms with Crippen LogP contribution in [0.4, 0.5) is 0 Å². The highest BCUT2D eigenvalue weighted by Gasteiger charge is 2.02. The van der Waals surface area contributed by atoms with Gasteiger partial charge < -0.3 is 0 Å². The van der Waals surface area contributed by atoms with Crippen molar-refractivity contribution in [3.8, 4) is 10.4 Å². The normalized spacial score (nSPS) is 10.9. The van der Waals surface area contributed by atoms with Crippen LogP contribution in [0.5, 0.6) is 0 Å². The van der Waals surface area contributed by atoms with E-state index in [9.17, 15) is 8.42 Å². The first-order valence-corrected chi connectivity index (χ1v) is 7.64. The molecule has 0 saturated heterocycles. The number of thiol groups is 1. The van der Waals surface area contributed by atoms with Gasteiger partial charge in [-0.3, -0.25) is 0 Å². The van der Waals surface area contributed by atoms with Gasteiger partial charge in [0.05, 0.1) is 5.75 Å². The van der Waals surface area contributed by atoms with Crippen LogP contribution in [0.1, 0.15) is 5.56 Å². The maximum atomic E-state index is 10.7. The van der Waals surface area contributed by atoms with Crippen LogP contribution >= 0.6 is 27.3 Å². The van der Waals surface area contributed by atoms with E-state index in [1.807, 2.05) is 35.7 Å². The topological polar surface area (TPSA) is 34.1 Å². The molecule has 0 amide bonds. The summed E-state index contributed by atoms with van der Waals surface area (Å²) in [5.41, 5.74) is 1.89. The van der Waals surface area contributed by atoms with E-state index >= 15 is 0 Å². The second-order valence-corrected chi connectivity index (χ2v) is 6.13. The molecule has 2 rings (SSSR count). The Labute approximate surface area is 108 Å². The summed E-state index contributed by atoms with van der Waals surface area (Å²) in [4.78, 5) is 1.13. The Hall–Kier alpha value is -0.650. The molecule has 0 saturated carbocycles. The molecular formula is C11H9BrO2S2. The van der Waals surface area contributed by atoms with E-state index in [4.69, 9.17) is 0 Å². The maximum absolute atomic E-state index is 10.7. The lowest BCUT2D eigenvalue weighted by molar-refractivity contribution is 0.614. The SMILES string of the molecule is O=[SH](=O)Cc1cccc(-c2cc(Br)cs2)c1. The molecule has 0 fully saturated rings. The van der Waals surface area contributed by atoms with Crippen molar-refractivity contribution in [1.29, 1.82) is 0 Å². The van der Waals surface area contributed by atoms with Crippen molar-refractivity contribution >= 4 is 38.0 Å². The second kappa shape index (κ2) is 5.12. The standard InChI is InChI=1S/C11H9BrO2S2/c12-10-5-11(15-6-10)9-3-1-2-8(4-9)7-16(13)14/h1-6,16H,7H2. The van der Waals surface area contributed by atoms with Gasteiger partial charge in [0.2, 0.25) is 0 Å². The van der Waals surface area contributed by atoms with Crippen LogP contribution in [0, 0.1) is 0 Å². The average molecular weight is 317 g/mol. The molecule has 2 aromatic rings. The molecule has 0 unspecified atom stereocenters. The molecule has 84 valence electrons. The molecule has 2 nitrogen and oxygen atoms in total. The number of rotatable bonds is 3. The molecule has 0 spiro atoms. The fraction of sp³-hybridized carbons (Fsp3) is 0.0909. The van der Waals surface area contributed by atoms with E-state index in [1.165, 1.54) is 0 Å². The molecule has 0 aliphatic rings. The van der Waals surface area contributed by atoms with Crippen LogP contribution in [0.2, 0.25) is 0 Å². The van der Waals surface area contributed by atoms with Gasteiger partial charge in [0.25, 0.3) is 0 Å². The average Bonchev–Trinajstić information content (AvgIpc) is 2.64. The molecule has 1 aromatic heterocycles. The molecule has 5 heteroatoms. The number of hydrogen-bond donors (Lipinski definition) is 1. The van der Waals surface area contributed by atoms with Crippen molar-refractivity contribution in [3.05, 3.63) is 45.7 Å². The first-order chi connectivity index (χ1) is 7.65. The molecule has 0 bridgehead atoms. The van der Waals surface area contributed by atoms with Crippen molar-refractivity contribution in [1.82, 2.24) is 0 Å². The van der Waals surface area contributed by atoms with Crippen molar-refractivity contribution in [2.45, 2.75) is 5.75 Å². The van der Waals surface area contributed by atoms with Crippen LogP contribution in [-0.4, -0.2) is 8.42 Å². The molecule has 0 radical (unpaired) electrons. The first-order valence-electron chi connectivity index (χ1n) is 4.60. The summed E-state index contributed by atoms with van der Waals surface area (Å²) in [6.45, 7) is 0. The third-order valence-corrected chi connectivity index (χ3v) is 4.45. The largest absolute Gasteiger partial charge is 0.232 e. The first kappa shape index (κ1) is 11.8. The monoisotopic (exact) mass is 316 g/mol. The van der Waals surface area contributed by atoms with Crippen molar-refractivity contribution in [2.24, 2.45) is 0 Å². The summed E-state index contributed by atoms with van der Waals surface area (Å²) >= 11 is 5.03. The van der Waals surface area contributed by atoms with Gasteiger partial charge in [0, 0.05) is 14.7 Å². The number of halogens is 1. The Balaban J connectivity index is 2.35. The van der Waals surface area contributed by atoms with Crippen LogP contribution in [0.15, 0.2) is 40.2 Å². The van der Waals surface area contributed by atoms with Gasteiger partial charge in [0.1, 0.15) is 10.7 Å². The molecule has 0 aliphatic heterocycles. The Morgan fingerprint density at radius 1 is 1.25 bits per heavy atom. The molecular weight excluding hydrogens is 308 g/mol. The Bertz CT molecular complexity index is 565. The highest BCUT2D eigenvalue weighted by Crippen LogP contribution is 2.30. The van der Waals surface area contributed by atoms with E-state index < -0.39 is 10.7 Å². The third kappa shape index (κ3) is 2.93. The van der Waals surface area contributed by atoms with Gasteiger partial charge in [-0.2, -0.15) is 0 Å². The van der Waals surface area contributed by atoms with Gasteiger partial charge in [0.15, 0.2) is 0 Å². The van der Waals surface area contributed by atoms with Crippen LogP contribution in [0.3, 0.4) is 0 Å². The van der Waals surface area contributed by atoms with E-state index in [-0.39, 0.29) is 5.75 Å². The van der Waals surface area contributed by atoms with Gasteiger partial charge in [-0.25, -0.2) is 8.42 Å². The number of thiophene rings is 1. The fourth-order valence-corrected chi connectivity index (χ4v) is 3.36. The highest BCUT2D eigenvalue weighted by molar-refractivity contribution is 9.10. The lowest BCUT2D eigenvalue weighted by Crippen LogP contribution is -1.86. The maximum Gasteiger partial charge on any atom is 0.144 e. The van der Waals surface area contributed by atoms with Crippen molar-refractivity contribution in [3.63, 3.8) is 0 Å². The Morgan fingerprint density at radius 3 is 2.69 bits per heavy atom. The molecule has 0 aliphatic carbocycles. The minimum Gasteiger partial charge on any atom is -0.232 e. The van der Waals surface area contributed by atoms with Gasteiger partial charge in [-0.1, -0.05) is 18.2 Å². The van der Waals surface area contributed by atoms with Gasteiger partial charge >= 0.3 is 0 Å². The molecule has 1 aromatic carbocycles. The molecule has 1 heterocycles. The van der Waals surface area contributed by atoms with E-state index in [0.29, 0.717) is 0 Å². The Morgan fingerprint density at radius 2 is 2.06 bits per heavy atom. The summed E-state index contributed by atoms with van der Waals surface area (Å²) in [6, 6.07) is 9.65. The lowest BCUT2D eigenvalue weighted by atomic mass is 10.1. The Kier molecular flexibility index (Phi) is 3.78. The highest BCUT2D eigenvalue weighted by atomic mass is 79.9. The summed E-state index contributed by atoms with van der Waals surface area (Å²) in [6.07, 6.45) is 0. The van der Waals surface area contributed by atoms with Crippen molar-refractivity contribution < 1.29 is 8.42 Å². The summed E-state index contributed by atoms with van der Waals surface area (Å²) in [5.74, 6) is 0.107. The predicted octanol–water partition coefficient (Wildman–Crippen LogP) is 3.29. The summed E-state index contributed by atoms with van der Waals surface area (Å²) in [5, 5.41) is 2.01. The van der Waals surface area contributed by atoms with Crippen molar-refractivity contribution in [2.75, 3.05) is 0 Å². The van der Waals surface area contributed by atoms with Crippen LogP contribution < -0.4 is 0 Å². The zero-order chi connectivity index (χ0) is 11.5. The smallest absolute Gasteiger partial charge is 0.144 e. The summed E-state index contributed by atoms with van der Waals surface area (Å²) in [7, 11) is -2.36. The van der Waals surface area contributed by atoms with Crippen LogP contribution in [0.25, 0.3) is 10.4 Å². The fourth-order valence-electron chi connectivity index (χ4n) is 1.44. The molecule has 0 N–H and O–H groups in total. The van der Waals surface area contributed by atoms with E-state index in [2.05, 4.69) is 15.9 Å². The predicted molar refractivity (Wildman–Crippen MR) is 71.5 cm³/mol. The summed E-state index contributed by atoms with van der Waals surface area (Å²) < 4.78 is 22.4. The quantitative estimate of drug-likeness (QED) is 0.882. The molecule has 0 atom stereocenters. The van der Waals surface area contributed by atoms with Crippen LogP contribution in [-0.2, 0) is 16.5 Å². The number of hydrogen-bond acceptors (Lipinski definition) is 3. The second-order valence-electron chi connectivity index (χ2n) is 3.32. The van der Waals surface area contributed by atoms with Gasteiger partial charge in [-0.15, -0.1) is 11.3 Å². The minimum atomic E-state index is -2.36. The van der Waals surface area contributed by atoms with E-state index in [1.54, 1.807) is 11.3 Å².